The van der Waals surface area contributed by atoms with Crippen molar-refractivity contribution < 1.29 is 18.0 Å². The van der Waals surface area contributed by atoms with Crippen LogP contribution < -0.4 is 10.6 Å². The van der Waals surface area contributed by atoms with Gasteiger partial charge in [-0.05, 0) is 31.0 Å². The van der Waals surface area contributed by atoms with Crippen molar-refractivity contribution in [1.29, 1.82) is 0 Å². The zero-order chi connectivity index (χ0) is 15.3. The number of alkyl halides is 3. The van der Waals surface area contributed by atoms with Crippen molar-refractivity contribution in [3.8, 4) is 0 Å². The molecule has 22 heavy (non-hydrogen) atoms. The van der Waals surface area contributed by atoms with Gasteiger partial charge in [-0.1, -0.05) is 25.3 Å². The molecule has 0 atom stereocenters. The quantitative estimate of drug-likeness (QED) is 0.873. The largest absolute Gasteiger partial charge is 0.416 e. The lowest BCUT2D eigenvalue weighted by Crippen LogP contribution is -2.37. The summed E-state index contributed by atoms with van der Waals surface area (Å²) in [6.45, 7) is 0.126. The van der Waals surface area contributed by atoms with Gasteiger partial charge in [0.15, 0.2) is 0 Å². The minimum Gasteiger partial charge on any atom is -0.325 e. The van der Waals surface area contributed by atoms with E-state index in [2.05, 4.69) is 10.6 Å². The van der Waals surface area contributed by atoms with Crippen molar-refractivity contribution in [1.82, 2.24) is 5.32 Å². The summed E-state index contributed by atoms with van der Waals surface area (Å²) in [6.07, 6.45) is 1.25. The van der Waals surface area contributed by atoms with Gasteiger partial charge in [-0.2, -0.15) is 13.2 Å². The van der Waals surface area contributed by atoms with Crippen LogP contribution in [0, 0.1) is 0 Å². The third kappa shape index (κ3) is 5.85. The SMILES string of the molecule is Cl.O=C(CNC1CCCCC1)Nc1cccc(C(F)(F)F)c1. The monoisotopic (exact) mass is 336 g/mol. The highest BCUT2D eigenvalue weighted by atomic mass is 35.5. The van der Waals surface area contributed by atoms with Gasteiger partial charge in [0.25, 0.3) is 0 Å². The molecule has 2 rings (SSSR count). The van der Waals surface area contributed by atoms with Crippen LogP contribution in [0.1, 0.15) is 37.7 Å². The van der Waals surface area contributed by atoms with Crippen molar-refractivity contribution in [3.63, 3.8) is 0 Å². The summed E-state index contributed by atoms with van der Waals surface area (Å²) in [4.78, 5) is 11.8. The molecule has 1 fully saturated rings. The molecule has 1 amide bonds. The Kier molecular flexibility index (Phi) is 7.16. The Bertz CT molecular complexity index is 488. The zero-order valence-corrected chi connectivity index (χ0v) is 12.9. The van der Waals surface area contributed by atoms with Crippen LogP contribution in [0.4, 0.5) is 18.9 Å². The molecule has 1 aliphatic carbocycles. The summed E-state index contributed by atoms with van der Waals surface area (Å²) in [5, 5.41) is 5.64. The third-order valence-corrected chi connectivity index (χ3v) is 3.63. The normalized spacial score (nSPS) is 16.0. The number of rotatable bonds is 4. The lowest BCUT2D eigenvalue weighted by molar-refractivity contribution is -0.137. The van der Waals surface area contributed by atoms with Crippen LogP contribution in [0.5, 0.6) is 0 Å². The predicted molar refractivity (Wildman–Crippen MR) is 82.2 cm³/mol. The minimum atomic E-state index is -4.40. The van der Waals surface area contributed by atoms with Gasteiger partial charge in [0.1, 0.15) is 0 Å². The Morgan fingerprint density at radius 1 is 1.18 bits per heavy atom. The molecule has 1 aromatic rings. The van der Waals surface area contributed by atoms with Gasteiger partial charge in [0.2, 0.25) is 5.91 Å². The summed E-state index contributed by atoms with van der Waals surface area (Å²) in [6, 6.07) is 5.00. The van der Waals surface area contributed by atoms with Crippen molar-refractivity contribution >= 4 is 24.0 Å². The summed E-state index contributed by atoms with van der Waals surface area (Å²) >= 11 is 0. The molecule has 0 heterocycles. The van der Waals surface area contributed by atoms with E-state index in [1.165, 1.54) is 18.6 Å². The summed E-state index contributed by atoms with van der Waals surface area (Å²) in [5.74, 6) is -0.320. The Morgan fingerprint density at radius 2 is 1.86 bits per heavy atom. The molecule has 0 unspecified atom stereocenters. The van der Waals surface area contributed by atoms with E-state index in [0.717, 1.165) is 37.8 Å². The molecule has 0 bridgehead atoms. The fourth-order valence-electron chi connectivity index (χ4n) is 2.52. The van der Waals surface area contributed by atoms with Gasteiger partial charge in [-0.3, -0.25) is 4.79 Å². The molecular weight excluding hydrogens is 317 g/mol. The molecular formula is C15H20ClF3N2O. The molecule has 1 saturated carbocycles. The van der Waals surface area contributed by atoms with Gasteiger partial charge in [0.05, 0.1) is 12.1 Å². The second kappa shape index (κ2) is 8.39. The summed E-state index contributed by atoms with van der Waals surface area (Å²) in [7, 11) is 0. The third-order valence-electron chi connectivity index (χ3n) is 3.63. The summed E-state index contributed by atoms with van der Waals surface area (Å²) < 4.78 is 37.7. The van der Waals surface area contributed by atoms with Gasteiger partial charge < -0.3 is 10.6 Å². The predicted octanol–water partition coefficient (Wildman–Crippen LogP) is 3.99. The number of nitrogens with one attached hydrogen (secondary N) is 2. The summed E-state index contributed by atoms with van der Waals surface area (Å²) in [5.41, 5.74) is -0.596. The first-order chi connectivity index (χ1) is 9.95. The fourth-order valence-corrected chi connectivity index (χ4v) is 2.52. The lowest BCUT2D eigenvalue weighted by atomic mass is 9.95. The van der Waals surface area contributed by atoms with Crippen molar-refractivity contribution in [2.45, 2.75) is 44.3 Å². The number of halogens is 4. The van der Waals surface area contributed by atoms with E-state index in [0.29, 0.717) is 6.04 Å². The van der Waals surface area contributed by atoms with Gasteiger partial charge in [-0.15, -0.1) is 12.4 Å². The molecule has 124 valence electrons. The van der Waals surface area contributed by atoms with Crippen LogP contribution in [0.25, 0.3) is 0 Å². The average molecular weight is 337 g/mol. The second-order valence-electron chi connectivity index (χ2n) is 5.34. The van der Waals surface area contributed by atoms with Crippen LogP contribution in [0.3, 0.4) is 0 Å². The average Bonchev–Trinajstić information content (AvgIpc) is 2.46. The smallest absolute Gasteiger partial charge is 0.325 e. The van der Waals surface area contributed by atoms with E-state index < -0.39 is 11.7 Å². The Morgan fingerprint density at radius 3 is 2.50 bits per heavy atom. The second-order valence-corrected chi connectivity index (χ2v) is 5.34. The van der Waals surface area contributed by atoms with Crippen molar-refractivity contribution in [2.24, 2.45) is 0 Å². The highest BCUT2D eigenvalue weighted by Crippen LogP contribution is 2.30. The Hall–Kier alpha value is -1.27. The molecule has 0 spiro atoms. The molecule has 1 aromatic carbocycles. The molecule has 2 N–H and O–H groups in total. The van der Waals surface area contributed by atoms with E-state index in [-0.39, 0.29) is 30.5 Å². The molecule has 7 heteroatoms. The number of carbonyl (C=O) groups excluding carboxylic acids is 1. The van der Waals surface area contributed by atoms with Crippen molar-refractivity contribution in [2.75, 3.05) is 11.9 Å². The topological polar surface area (TPSA) is 41.1 Å². The molecule has 0 aromatic heterocycles. The van der Waals surface area contributed by atoms with Crippen molar-refractivity contribution in [3.05, 3.63) is 29.8 Å². The van der Waals surface area contributed by atoms with E-state index in [9.17, 15) is 18.0 Å². The van der Waals surface area contributed by atoms with Crippen LogP contribution >= 0.6 is 12.4 Å². The zero-order valence-electron chi connectivity index (χ0n) is 12.1. The lowest BCUT2D eigenvalue weighted by Gasteiger charge is -2.22. The first-order valence-corrected chi connectivity index (χ1v) is 7.15. The van der Waals surface area contributed by atoms with E-state index in [1.54, 1.807) is 0 Å². The van der Waals surface area contributed by atoms with E-state index in [4.69, 9.17) is 0 Å². The first kappa shape index (κ1) is 18.8. The molecule has 0 radical (unpaired) electrons. The fraction of sp³-hybridized carbons (Fsp3) is 0.533. The van der Waals surface area contributed by atoms with Gasteiger partial charge >= 0.3 is 6.18 Å². The highest BCUT2D eigenvalue weighted by Gasteiger charge is 2.30. The number of benzene rings is 1. The molecule has 3 nitrogen and oxygen atoms in total. The molecule has 1 aliphatic rings. The maximum atomic E-state index is 12.6. The Balaban J connectivity index is 0.00000242. The first-order valence-electron chi connectivity index (χ1n) is 7.15. The number of hydrogen-bond acceptors (Lipinski definition) is 2. The minimum absolute atomic E-state index is 0. The van der Waals surface area contributed by atoms with Crippen LogP contribution in [-0.2, 0) is 11.0 Å². The number of hydrogen-bond donors (Lipinski definition) is 2. The van der Waals surface area contributed by atoms with E-state index >= 15 is 0 Å². The standard InChI is InChI=1S/C15H19F3N2O.ClH/c16-15(17,18)11-5-4-8-13(9-11)20-14(21)10-19-12-6-2-1-3-7-12;/h4-5,8-9,12,19H,1-3,6-7,10H2,(H,20,21);1H. The van der Waals surface area contributed by atoms with Crippen LogP contribution in [0.2, 0.25) is 0 Å². The Labute approximate surface area is 134 Å². The van der Waals surface area contributed by atoms with E-state index in [1.807, 2.05) is 0 Å². The highest BCUT2D eigenvalue weighted by molar-refractivity contribution is 5.92. The molecule has 0 saturated heterocycles. The molecule has 0 aliphatic heterocycles. The van der Waals surface area contributed by atoms with Gasteiger partial charge in [0, 0.05) is 11.7 Å². The van der Waals surface area contributed by atoms with Crippen LogP contribution in [-0.4, -0.2) is 18.5 Å². The van der Waals surface area contributed by atoms with Crippen LogP contribution in [0.15, 0.2) is 24.3 Å². The maximum Gasteiger partial charge on any atom is 0.416 e. The number of anilines is 1. The number of amides is 1. The maximum absolute atomic E-state index is 12.6. The van der Waals surface area contributed by atoms with Gasteiger partial charge in [-0.25, -0.2) is 0 Å². The number of carbonyl (C=O) groups is 1.